The van der Waals surface area contributed by atoms with Gasteiger partial charge >= 0.3 is 0 Å². The molecular formula is C12H16N4O2S. The van der Waals surface area contributed by atoms with E-state index in [0.29, 0.717) is 6.54 Å². The largest absolute Gasteiger partial charge is 0.315 e. The minimum absolute atomic E-state index is 0.0539. The molecular weight excluding hydrogens is 264 g/mol. The van der Waals surface area contributed by atoms with E-state index in [9.17, 15) is 8.42 Å². The molecule has 0 radical (unpaired) electrons. The number of pyridine rings is 1. The van der Waals surface area contributed by atoms with Gasteiger partial charge < -0.3 is 5.32 Å². The number of nitrogens with one attached hydrogen (secondary N) is 2. The third kappa shape index (κ3) is 3.50. The number of hydrogen-bond acceptors (Lipinski definition) is 5. The van der Waals surface area contributed by atoms with Crippen LogP contribution in [0.3, 0.4) is 0 Å². The molecule has 1 aliphatic heterocycles. The second kappa shape index (κ2) is 6.10. The standard InChI is InChI=1S/C12H16N4O2S/c13-8-11-12(5-3-7-15-11)19(17,18)16-10-4-1-2-6-14-9-10/h3,5,7,10,14,16H,1-2,4,6,9H2. The average molecular weight is 280 g/mol. The first-order valence-electron chi connectivity index (χ1n) is 6.21. The molecule has 0 bridgehead atoms. The molecule has 2 heterocycles. The maximum absolute atomic E-state index is 12.3. The van der Waals surface area contributed by atoms with Crippen molar-refractivity contribution in [2.24, 2.45) is 0 Å². The molecule has 2 N–H and O–H groups in total. The van der Waals surface area contributed by atoms with E-state index in [0.717, 1.165) is 25.8 Å². The predicted molar refractivity (Wildman–Crippen MR) is 69.8 cm³/mol. The Morgan fingerprint density at radius 1 is 1.47 bits per heavy atom. The summed E-state index contributed by atoms with van der Waals surface area (Å²) in [4.78, 5) is 3.73. The van der Waals surface area contributed by atoms with Crippen molar-refractivity contribution in [1.29, 1.82) is 5.26 Å². The van der Waals surface area contributed by atoms with Crippen LogP contribution in [-0.4, -0.2) is 32.5 Å². The van der Waals surface area contributed by atoms with Gasteiger partial charge in [-0.25, -0.2) is 18.1 Å². The second-order valence-electron chi connectivity index (χ2n) is 4.48. The zero-order chi connectivity index (χ0) is 13.7. The molecule has 0 aromatic carbocycles. The Morgan fingerprint density at radius 3 is 3.11 bits per heavy atom. The van der Waals surface area contributed by atoms with E-state index in [1.54, 1.807) is 6.07 Å². The monoisotopic (exact) mass is 280 g/mol. The number of sulfonamides is 1. The van der Waals surface area contributed by atoms with Gasteiger partial charge in [-0.3, -0.25) is 0 Å². The Morgan fingerprint density at radius 2 is 2.32 bits per heavy atom. The molecule has 0 saturated carbocycles. The molecule has 19 heavy (non-hydrogen) atoms. The molecule has 1 aromatic rings. The van der Waals surface area contributed by atoms with Gasteiger partial charge in [0.1, 0.15) is 11.0 Å². The van der Waals surface area contributed by atoms with Gasteiger partial charge in [0.25, 0.3) is 0 Å². The fraction of sp³-hybridized carbons (Fsp3) is 0.500. The molecule has 0 aliphatic carbocycles. The van der Waals surface area contributed by atoms with Crippen LogP contribution < -0.4 is 10.0 Å². The van der Waals surface area contributed by atoms with E-state index in [1.807, 2.05) is 0 Å². The lowest BCUT2D eigenvalue weighted by atomic mass is 10.2. The van der Waals surface area contributed by atoms with Gasteiger partial charge in [-0.2, -0.15) is 5.26 Å². The van der Waals surface area contributed by atoms with Gasteiger partial charge in [-0.15, -0.1) is 0 Å². The quantitative estimate of drug-likeness (QED) is 0.834. The molecule has 0 amide bonds. The fourth-order valence-electron chi connectivity index (χ4n) is 2.09. The zero-order valence-corrected chi connectivity index (χ0v) is 11.3. The SMILES string of the molecule is N#Cc1ncccc1S(=O)(=O)NC1CCCCNC1. The summed E-state index contributed by atoms with van der Waals surface area (Å²) >= 11 is 0. The topological polar surface area (TPSA) is 94.9 Å². The summed E-state index contributed by atoms with van der Waals surface area (Å²) in [6.45, 7) is 1.52. The zero-order valence-electron chi connectivity index (χ0n) is 10.5. The van der Waals surface area contributed by atoms with Crippen LogP contribution in [0.5, 0.6) is 0 Å². The van der Waals surface area contributed by atoms with Gasteiger partial charge in [-0.1, -0.05) is 6.42 Å². The lowest BCUT2D eigenvalue weighted by Crippen LogP contribution is -2.41. The molecule has 1 atom stereocenters. The van der Waals surface area contributed by atoms with Gasteiger partial charge in [-0.05, 0) is 31.5 Å². The van der Waals surface area contributed by atoms with Crippen LogP contribution in [0.25, 0.3) is 0 Å². The fourth-order valence-corrected chi connectivity index (χ4v) is 3.47. The van der Waals surface area contributed by atoms with Gasteiger partial charge in [0.2, 0.25) is 10.0 Å². The summed E-state index contributed by atoms with van der Waals surface area (Å²) in [6, 6.07) is 4.58. The van der Waals surface area contributed by atoms with Gasteiger partial charge in [0.15, 0.2) is 5.69 Å². The highest BCUT2D eigenvalue weighted by Gasteiger charge is 2.23. The molecule has 1 fully saturated rings. The highest BCUT2D eigenvalue weighted by molar-refractivity contribution is 7.89. The summed E-state index contributed by atoms with van der Waals surface area (Å²) in [5, 5.41) is 12.1. The van der Waals surface area contributed by atoms with E-state index in [1.165, 1.54) is 18.3 Å². The minimum atomic E-state index is -3.69. The van der Waals surface area contributed by atoms with Crippen molar-refractivity contribution in [1.82, 2.24) is 15.0 Å². The molecule has 7 heteroatoms. The first kappa shape index (κ1) is 13.9. The highest BCUT2D eigenvalue weighted by Crippen LogP contribution is 2.14. The highest BCUT2D eigenvalue weighted by atomic mass is 32.2. The van der Waals surface area contributed by atoms with E-state index in [-0.39, 0.29) is 16.6 Å². The van der Waals surface area contributed by atoms with Gasteiger partial charge in [0, 0.05) is 18.8 Å². The van der Waals surface area contributed by atoms with Crippen LogP contribution in [0, 0.1) is 11.3 Å². The second-order valence-corrected chi connectivity index (χ2v) is 6.16. The van der Waals surface area contributed by atoms with Crippen LogP contribution in [-0.2, 0) is 10.0 Å². The normalized spacial score (nSPS) is 20.5. The molecule has 1 saturated heterocycles. The Balaban J connectivity index is 2.20. The molecule has 2 rings (SSSR count). The van der Waals surface area contributed by atoms with Crippen LogP contribution in [0.2, 0.25) is 0 Å². The Kier molecular flexibility index (Phi) is 4.47. The van der Waals surface area contributed by atoms with Crippen molar-refractivity contribution in [2.75, 3.05) is 13.1 Å². The molecule has 0 spiro atoms. The summed E-state index contributed by atoms with van der Waals surface area (Å²) in [7, 11) is -3.69. The van der Waals surface area contributed by atoms with Crippen LogP contribution in [0.1, 0.15) is 25.0 Å². The number of nitriles is 1. The van der Waals surface area contributed by atoms with Crippen LogP contribution in [0.15, 0.2) is 23.2 Å². The van der Waals surface area contributed by atoms with Crippen molar-refractivity contribution < 1.29 is 8.42 Å². The third-order valence-electron chi connectivity index (χ3n) is 3.03. The first-order chi connectivity index (χ1) is 9.13. The predicted octanol–water partition coefficient (Wildman–Crippen LogP) is 0.374. The van der Waals surface area contributed by atoms with Crippen molar-refractivity contribution in [2.45, 2.75) is 30.2 Å². The lowest BCUT2D eigenvalue weighted by molar-refractivity contribution is 0.521. The number of aromatic nitrogens is 1. The molecule has 102 valence electrons. The third-order valence-corrected chi connectivity index (χ3v) is 4.59. The average Bonchev–Trinajstić information content (AvgIpc) is 2.67. The van der Waals surface area contributed by atoms with Crippen molar-refractivity contribution in [3.8, 4) is 6.07 Å². The van der Waals surface area contributed by atoms with E-state index in [4.69, 9.17) is 5.26 Å². The summed E-state index contributed by atoms with van der Waals surface area (Å²) in [5.41, 5.74) is -0.0726. The smallest absolute Gasteiger partial charge is 0.243 e. The number of rotatable bonds is 3. The van der Waals surface area contributed by atoms with Crippen molar-refractivity contribution in [3.63, 3.8) is 0 Å². The summed E-state index contributed by atoms with van der Waals surface area (Å²) in [5.74, 6) is 0. The maximum atomic E-state index is 12.3. The van der Waals surface area contributed by atoms with E-state index in [2.05, 4.69) is 15.0 Å². The van der Waals surface area contributed by atoms with Gasteiger partial charge in [0.05, 0.1) is 0 Å². The summed E-state index contributed by atoms with van der Waals surface area (Å²) in [6.07, 6.45) is 4.24. The van der Waals surface area contributed by atoms with Crippen molar-refractivity contribution >= 4 is 10.0 Å². The van der Waals surface area contributed by atoms with E-state index < -0.39 is 10.0 Å². The molecule has 6 nitrogen and oxygen atoms in total. The maximum Gasteiger partial charge on any atom is 0.243 e. The van der Waals surface area contributed by atoms with Crippen LogP contribution in [0.4, 0.5) is 0 Å². The van der Waals surface area contributed by atoms with Crippen LogP contribution >= 0.6 is 0 Å². The Hall–Kier alpha value is -1.49. The minimum Gasteiger partial charge on any atom is -0.315 e. The number of hydrogen-bond donors (Lipinski definition) is 2. The van der Waals surface area contributed by atoms with Crippen molar-refractivity contribution in [3.05, 3.63) is 24.0 Å². The first-order valence-corrected chi connectivity index (χ1v) is 7.70. The Labute approximate surface area is 112 Å². The molecule has 1 unspecified atom stereocenters. The molecule has 1 aromatic heterocycles. The summed E-state index contributed by atoms with van der Waals surface area (Å²) < 4.78 is 27.2. The lowest BCUT2D eigenvalue weighted by Gasteiger charge is -2.16. The number of nitrogens with zero attached hydrogens (tertiary/aromatic N) is 2. The molecule has 1 aliphatic rings. The van der Waals surface area contributed by atoms with E-state index >= 15 is 0 Å². The Bertz CT molecular complexity index is 572.